The topological polar surface area (TPSA) is 59.4 Å². The van der Waals surface area contributed by atoms with Crippen LogP contribution in [-0.4, -0.2) is 23.2 Å². The van der Waals surface area contributed by atoms with E-state index in [9.17, 15) is 18.7 Å². The summed E-state index contributed by atoms with van der Waals surface area (Å²) in [5.74, 6) is -1.21. The molecule has 4 nitrogen and oxygen atoms in total. The van der Waals surface area contributed by atoms with Gasteiger partial charge in [-0.2, -0.15) is 0 Å². The van der Waals surface area contributed by atoms with E-state index in [2.05, 4.69) is 9.72 Å². The molecule has 0 atom stereocenters. The van der Waals surface area contributed by atoms with Gasteiger partial charge in [0, 0.05) is 5.56 Å². The first-order chi connectivity index (χ1) is 8.01. The number of esters is 1. The van der Waals surface area contributed by atoms with Crippen LogP contribution >= 0.6 is 11.6 Å². The molecule has 1 aromatic heterocycles. The highest BCUT2D eigenvalue weighted by Gasteiger charge is 2.22. The highest BCUT2D eigenvalue weighted by molar-refractivity contribution is 6.17. The molecule has 0 radical (unpaired) electrons. The zero-order valence-corrected chi connectivity index (χ0v) is 9.67. The number of aromatic hydroxyl groups is 1. The number of methoxy groups -OCH3 is 1. The average molecular weight is 266 g/mol. The summed E-state index contributed by atoms with van der Waals surface area (Å²) in [4.78, 5) is 14.5. The Bertz CT molecular complexity index is 426. The van der Waals surface area contributed by atoms with Crippen molar-refractivity contribution in [2.75, 3.05) is 7.11 Å². The molecule has 0 bridgehead atoms. The van der Waals surface area contributed by atoms with Crippen LogP contribution in [0.2, 0.25) is 0 Å². The van der Waals surface area contributed by atoms with Gasteiger partial charge in [-0.15, -0.1) is 11.6 Å². The molecule has 0 unspecified atom stereocenters. The van der Waals surface area contributed by atoms with E-state index in [0.29, 0.717) is 0 Å². The molecular formula is C10H10ClF2NO3. The Morgan fingerprint density at radius 3 is 2.71 bits per heavy atom. The third kappa shape index (κ3) is 3.03. The number of alkyl halides is 3. The maximum atomic E-state index is 12.7. The van der Waals surface area contributed by atoms with Crippen LogP contribution in [-0.2, 0) is 21.8 Å². The minimum Gasteiger partial charge on any atom is -0.506 e. The van der Waals surface area contributed by atoms with Gasteiger partial charge >= 0.3 is 5.97 Å². The second-order valence-electron chi connectivity index (χ2n) is 3.17. The monoisotopic (exact) mass is 265 g/mol. The molecular weight excluding hydrogens is 256 g/mol. The smallest absolute Gasteiger partial charge is 0.310 e. The zero-order valence-electron chi connectivity index (χ0n) is 8.91. The van der Waals surface area contributed by atoms with E-state index >= 15 is 0 Å². The lowest BCUT2D eigenvalue weighted by Gasteiger charge is -2.12. The summed E-state index contributed by atoms with van der Waals surface area (Å²) in [6.45, 7) is 0. The standard InChI is InChI=1S/C10H10ClF2NO3/c1-17-8(16)2-5-6(3-11)7(15)4-14-9(5)10(12)13/h4,10,15H,2-3H2,1H3. The third-order valence-corrected chi connectivity index (χ3v) is 2.46. The number of rotatable bonds is 4. The van der Waals surface area contributed by atoms with Gasteiger partial charge in [-0.1, -0.05) is 0 Å². The first kappa shape index (κ1) is 13.6. The summed E-state index contributed by atoms with van der Waals surface area (Å²) >= 11 is 5.56. The molecule has 94 valence electrons. The van der Waals surface area contributed by atoms with Gasteiger partial charge in [-0.25, -0.2) is 8.78 Å². The fraction of sp³-hybridized carbons (Fsp3) is 0.400. The molecule has 0 aliphatic heterocycles. The molecule has 0 aliphatic carbocycles. The molecule has 0 aliphatic rings. The molecule has 0 fully saturated rings. The van der Waals surface area contributed by atoms with E-state index in [1.54, 1.807) is 0 Å². The molecule has 7 heteroatoms. The Labute approximate surface area is 101 Å². The van der Waals surface area contributed by atoms with Crippen molar-refractivity contribution in [3.63, 3.8) is 0 Å². The predicted molar refractivity (Wildman–Crippen MR) is 56.1 cm³/mol. The highest BCUT2D eigenvalue weighted by atomic mass is 35.5. The summed E-state index contributed by atoms with van der Waals surface area (Å²) in [6, 6.07) is 0. The fourth-order valence-electron chi connectivity index (χ4n) is 1.35. The molecule has 0 saturated carbocycles. The minimum absolute atomic E-state index is 0.0716. The van der Waals surface area contributed by atoms with Crippen LogP contribution in [0.4, 0.5) is 8.78 Å². The summed E-state index contributed by atoms with van der Waals surface area (Å²) in [5, 5.41) is 9.44. The second kappa shape index (κ2) is 5.77. The van der Waals surface area contributed by atoms with Crippen LogP contribution in [0.15, 0.2) is 6.20 Å². The average Bonchev–Trinajstić information content (AvgIpc) is 2.28. The molecule has 1 heterocycles. The molecule has 1 N–H and O–H groups in total. The number of aromatic nitrogens is 1. The van der Waals surface area contributed by atoms with Crippen molar-refractivity contribution in [1.29, 1.82) is 0 Å². The Kier molecular flexibility index (Phi) is 4.62. The van der Waals surface area contributed by atoms with Crippen LogP contribution in [0.5, 0.6) is 5.75 Å². The van der Waals surface area contributed by atoms with Gasteiger partial charge < -0.3 is 9.84 Å². The first-order valence-electron chi connectivity index (χ1n) is 4.61. The van der Waals surface area contributed by atoms with E-state index < -0.39 is 24.5 Å². The molecule has 1 rings (SSSR count). The predicted octanol–water partition coefficient (Wildman–Crippen LogP) is 2.18. The lowest BCUT2D eigenvalue weighted by molar-refractivity contribution is -0.139. The van der Waals surface area contributed by atoms with Gasteiger partial charge in [0.15, 0.2) is 0 Å². The van der Waals surface area contributed by atoms with Crippen molar-refractivity contribution >= 4 is 17.6 Å². The van der Waals surface area contributed by atoms with Crippen LogP contribution in [0.25, 0.3) is 0 Å². The van der Waals surface area contributed by atoms with Gasteiger partial charge in [0.1, 0.15) is 11.4 Å². The van der Waals surface area contributed by atoms with Crippen LogP contribution in [0.1, 0.15) is 23.2 Å². The minimum atomic E-state index is -2.85. The number of hydrogen-bond acceptors (Lipinski definition) is 4. The van der Waals surface area contributed by atoms with Crippen LogP contribution < -0.4 is 0 Å². The molecule has 0 spiro atoms. The van der Waals surface area contributed by atoms with E-state index in [0.717, 1.165) is 13.3 Å². The number of carbonyl (C=O) groups is 1. The molecule has 0 saturated heterocycles. The Morgan fingerprint density at radius 2 is 2.24 bits per heavy atom. The molecule has 17 heavy (non-hydrogen) atoms. The quantitative estimate of drug-likeness (QED) is 0.670. The largest absolute Gasteiger partial charge is 0.506 e. The summed E-state index contributed by atoms with van der Waals surface area (Å²) < 4.78 is 29.8. The van der Waals surface area contributed by atoms with Crippen molar-refractivity contribution in [2.45, 2.75) is 18.7 Å². The lowest BCUT2D eigenvalue weighted by Crippen LogP contribution is -2.11. The second-order valence-corrected chi connectivity index (χ2v) is 3.44. The highest BCUT2D eigenvalue weighted by Crippen LogP contribution is 2.30. The van der Waals surface area contributed by atoms with Gasteiger partial charge in [-0.3, -0.25) is 9.78 Å². The number of carbonyl (C=O) groups excluding carboxylic acids is 1. The fourth-order valence-corrected chi connectivity index (χ4v) is 1.64. The van der Waals surface area contributed by atoms with Crippen molar-refractivity contribution in [2.24, 2.45) is 0 Å². The Hall–Kier alpha value is -1.43. The Morgan fingerprint density at radius 1 is 1.59 bits per heavy atom. The lowest BCUT2D eigenvalue weighted by atomic mass is 10.0. The van der Waals surface area contributed by atoms with Crippen molar-refractivity contribution < 1.29 is 23.4 Å². The van der Waals surface area contributed by atoms with E-state index in [-0.39, 0.29) is 22.8 Å². The van der Waals surface area contributed by atoms with Crippen molar-refractivity contribution in [1.82, 2.24) is 4.98 Å². The van der Waals surface area contributed by atoms with E-state index in [4.69, 9.17) is 11.6 Å². The SMILES string of the molecule is COC(=O)Cc1c(C(F)F)ncc(O)c1CCl. The molecule has 0 amide bonds. The normalized spacial score (nSPS) is 10.6. The zero-order chi connectivity index (χ0) is 13.0. The summed E-state index contributed by atoms with van der Waals surface area (Å²) in [7, 11) is 1.14. The molecule has 0 aromatic carbocycles. The number of pyridine rings is 1. The number of ether oxygens (including phenoxy) is 1. The van der Waals surface area contributed by atoms with Crippen molar-refractivity contribution in [3.05, 3.63) is 23.0 Å². The van der Waals surface area contributed by atoms with Crippen LogP contribution in [0, 0.1) is 0 Å². The van der Waals surface area contributed by atoms with Crippen LogP contribution in [0.3, 0.4) is 0 Å². The third-order valence-electron chi connectivity index (χ3n) is 2.20. The molecule has 1 aromatic rings. The van der Waals surface area contributed by atoms with E-state index in [1.165, 1.54) is 0 Å². The van der Waals surface area contributed by atoms with Gasteiger partial charge in [0.25, 0.3) is 6.43 Å². The van der Waals surface area contributed by atoms with Gasteiger partial charge in [-0.05, 0) is 5.56 Å². The summed E-state index contributed by atoms with van der Waals surface area (Å²) in [6.07, 6.45) is -2.36. The summed E-state index contributed by atoms with van der Waals surface area (Å²) in [5.41, 5.74) is -0.576. The van der Waals surface area contributed by atoms with Crippen molar-refractivity contribution in [3.8, 4) is 5.75 Å². The number of hydrogen-bond donors (Lipinski definition) is 1. The Balaban J connectivity index is 3.28. The first-order valence-corrected chi connectivity index (χ1v) is 5.15. The maximum absolute atomic E-state index is 12.7. The maximum Gasteiger partial charge on any atom is 0.310 e. The van der Waals surface area contributed by atoms with E-state index in [1.807, 2.05) is 0 Å². The number of nitrogens with zero attached hydrogens (tertiary/aromatic N) is 1. The number of halogens is 3. The van der Waals surface area contributed by atoms with Gasteiger partial charge in [0.05, 0.1) is 25.6 Å². The van der Waals surface area contributed by atoms with Gasteiger partial charge in [0.2, 0.25) is 0 Å².